The van der Waals surface area contributed by atoms with E-state index in [2.05, 4.69) is 4.98 Å². The highest BCUT2D eigenvalue weighted by molar-refractivity contribution is 7.17. The van der Waals surface area contributed by atoms with E-state index in [9.17, 15) is 4.79 Å². The predicted molar refractivity (Wildman–Crippen MR) is 84.4 cm³/mol. The van der Waals surface area contributed by atoms with Gasteiger partial charge >= 0.3 is 5.97 Å². The van der Waals surface area contributed by atoms with Gasteiger partial charge in [-0.1, -0.05) is 11.3 Å². The summed E-state index contributed by atoms with van der Waals surface area (Å²) in [7, 11) is 5.41. The van der Waals surface area contributed by atoms with Crippen LogP contribution in [0.1, 0.15) is 16.6 Å². The van der Waals surface area contributed by atoms with Crippen LogP contribution in [-0.2, 0) is 4.74 Å². The summed E-state index contributed by atoms with van der Waals surface area (Å²) in [6.07, 6.45) is 0. The molecule has 0 amide bonds. The molecule has 0 bridgehead atoms. The Hall–Kier alpha value is -2.08. The number of benzene rings is 1. The van der Waals surface area contributed by atoms with E-state index in [1.54, 1.807) is 14.0 Å². The van der Waals surface area contributed by atoms with Crippen molar-refractivity contribution >= 4 is 22.4 Å². The molecule has 0 aliphatic carbocycles. The molecule has 2 rings (SSSR count). The van der Waals surface area contributed by atoms with E-state index >= 15 is 0 Å². The van der Waals surface area contributed by atoms with Crippen LogP contribution in [0, 0.1) is 0 Å². The molecular weight excluding hydrogens is 288 g/mol. The molecule has 0 radical (unpaired) electrons. The molecule has 0 saturated heterocycles. The van der Waals surface area contributed by atoms with Gasteiger partial charge in [-0.05, 0) is 31.2 Å². The van der Waals surface area contributed by atoms with Crippen molar-refractivity contribution in [1.82, 2.24) is 4.98 Å². The van der Waals surface area contributed by atoms with Crippen LogP contribution in [0.15, 0.2) is 24.3 Å². The topological polar surface area (TPSA) is 51.7 Å². The summed E-state index contributed by atoms with van der Waals surface area (Å²) < 4.78 is 10.3. The molecule has 2 aromatic rings. The number of nitrogens with zero attached hydrogens (tertiary/aromatic N) is 2. The first kappa shape index (κ1) is 15.3. The van der Waals surface area contributed by atoms with Crippen molar-refractivity contribution in [3.8, 4) is 17.0 Å². The minimum absolute atomic E-state index is 0.339. The van der Waals surface area contributed by atoms with Gasteiger partial charge in [0.05, 0.1) is 19.4 Å². The van der Waals surface area contributed by atoms with Gasteiger partial charge in [-0.25, -0.2) is 9.78 Å². The number of carbonyl (C=O) groups is 1. The Bertz CT molecular complexity index is 620. The predicted octanol–water partition coefficient (Wildman–Crippen LogP) is 3.06. The maximum absolute atomic E-state index is 12.1. The molecule has 5 nitrogen and oxygen atoms in total. The fraction of sp³-hybridized carbons (Fsp3) is 0.333. The summed E-state index contributed by atoms with van der Waals surface area (Å²) in [5.74, 6) is 0.424. The van der Waals surface area contributed by atoms with Crippen LogP contribution in [0.25, 0.3) is 11.3 Å². The van der Waals surface area contributed by atoms with E-state index in [1.807, 2.05) is 43.3 Å². The summed E-state index contributed by atoms with van der Waals surface area (Å²) in [5, 5.41) is 0.767. The van der Waals surface area contributed by atoms with E-state index in [4.69, 9.17) is 9.47 Å². The fourth-order valence-electron chi connectivity index (χ4n) is 1.78. The summed E-state index contributed by atoms with van der Waals surface area (Å²) >= 11 is 1.33. The SMILES string of the molecule is CCOC(=O)c1sc(N(C)C)nc1-c1ccc(OC)cc1. The minimum atomic E-state index is -0.339. The molecule has 6 heteroatoms. The monoisotopic (exact) mass is 306 g/mol. The Balaban J connectivity index is 2.46. The Labute approximate surface area is 128 Å². The lowest BCUT2D eigenvalue weighted by Crippen LogP contribution is -2.07. The molecule has 0 aliphatic rings. The highest BCUT2D eigenvalue weighted by Crippen LogP contribution is 2.33. The summed E-state index contributed by atoms with van der Waals surface area (Å²) in [6, 6.07) is 7.46. The number of hydrogen-bond donors (Lipinski definition) is 0. The number of ether oxygens (including phenoxy) is 2. The first-order valence-electron chi connectivity index (χ1n) is 6.56. The first-order valence-corrected chi connectivity index (χ1v) is 7.38. The average Bonchev–Trinajstić information content (AvgIpc) is 2.93. The average molecular weight is 306 g/mol. The van der Waals surface area contributed by atoms with E-state index in [0.717, 1.165) is 16.4 Å². The van der Waals surface area contributed by atoms with E-state index < -0.39 is 0 Å². The van der Waals surface area contributed by atoms with Gasteiger partial charge in [0.1, 0.15) is 10.6 Å². The smallest absolute Gasteiger partial charge is 0.350 e. The number of rotatable bonds is 5. The number of carbonyl (C=O) groups excluding carboxylic acids is 1. The summed E-state index contributed by atoms with van der Waals surface area (Å²) in [4.78, 5) is 19.0. The second kappa shape index (κ2) is 6.58. The number of aromatic nitrogens is 1. The lowest BCUT2D eigenvalue weighted by molar-refractivity contribution is 0.0532. The maximum Gasteiger partial charge on any atom is 0.350 e. The largest absolute Gasteiger partial charge is 0.497 e. The molecule has 0 unspecified atom stereocenters. The molecule has 0 atom stereocenters. The van der Waals surface area contributed by atoms with Crippen molar-refractivity contribution in [2.24, 2.45) is 0 Å². The lowest BCUT2D eigenvalue weighted by atomic mass is 10.1. The van der Waals surface area contributed by atoms with Crippen molar-refractivity contribution in [1.29, 1.82) is 0 Å². The number of hydrogen-bond acceptors (Lipinski definition) is 6. The van der Waals surface area contributed by atoms with Crippen molar-refractivity contribution in [2.75, 3.05) is 32.7 Å². The van der Waals surface area contributed by atoms with Gasteiger partial charge in [0.25, 0.3) is 0 Å². The van der Waals surface area contributed by atoms with Gasteiger partial charge < -0.3 is 14.4 Å². The second-order valence-corrected chi connectivity index (χ2v) is 5.50. The van der Waals surface area contributed by atoms with Crippen LogP contribution in [0.5, 0.6) is 5.75 Å². The maximum atomic E-state index is 12.1. The zero-order valence-electron chi connectivity index (χ0n) is 12.5. The number of thiazole rings is 1. The zero-order chi connectivity index (χ0) is 15.4. The van der Waals surface area contributed by atoms with E-state index in [-0.39, 0.29) is 5.97 Å². The second-order valence-electron chi connectivity index (χ2n) is 4.52. The summed E-state index contributed by atoms with van der Waals surface area (Å²) in [5.41, 5.74) is 1.51. The van der Waals surface area contributed by atoms with Gasteiger partial charge in [0.15, 0.2) is 5.13 Å². The van der Waals surface area contributed by atoms with Gasteiger partial charge in [0, 0.05) is 19.7 Å². The molecule has 1 aromatic heterocycles. The molecule has 21 heavy (non-hydrogen) atoms. The minimum Gasteiger partial charge on any atom is -0.497 e. The highest BCUT2D eigenvalue weighted by Gasteiger charge is 2.21. The van der Waals surface area contributed by atoms with Crippen LogP contribution in [0.4, 0.5) is 5.13 Å². The zero-order valence-corrected chi connectivity index (χ0v) is 13.4. The number of esters is 1. The molecular formula is C15H18N2O3S. The van der Waals surface area contributed by atoms with Crippen molar-refractivity contribution in [2.45, 2.75) is 6.92 Å². The lowest BCUT2D eigenvalue weighted by Gasteiger charge is -2.05. The Morgan fingerprint density at radius 2 is 1.95 bits per heavy atom. The third kappa shape index (κ3) is 3.33. The molecule has 112 valence electrons. The fourth-order valence-corrected chi connectivity index (χ4v) is 2.68. The van der Waals surface area contributed by atoms with Gasteiger partial charge in [-0.15, -0.1) is 0 Å². The van der Waals surface area contributed by atoms with Crippen molar-refractivity contribution in [3.05, 3.63) is 29.1 Å². The first-order chi connectivity index (χ1) is 10.1. The molecule has 1 heterocycles. The van der Waals surface area contributed by atoms with E-state index in [0.29, 0.717) is 17.2 Å². The third-order valence-corrected chi connectivity index (χ3v) is 4.03. The molecule has 0 N–H and O–H groups in total. The Morgan fingerprint density at radius 1 is 1.29 bits per heavy atom. The molecule has 0 spiro atoms. The van der Waals surface area contributed by atoms with Crippen molar-refractivity contribution in [3.63, 3.8) is 0 Å². The molecule has 0 saturated carbocycles. The third-order valence-electron chi connectivity index (χ3n) is 2.82. The van der Waals surface area contributed by atoms with Gasteiger partial charge in [0.2, 0.25) is 0 Å². The van der Waals surface area contributed by atoms with Gasteiger partial charge in [-0.2, -0.15) is 0 Å². The van der Waals surface area contributed by atoms with Crippen LogP contribution in [0.2, 0.25) is 0 Å². The van der Waals surface area contributed by atoms with Crippen LogP contribution in [-0.4, -0.2) is 38.8 Å². The van der Waals surface area contributed by atoms with Crippen LogP contribution >= 0.6 is 11.3 Å². The highest BCUT2D eigenvalue weighted by atomic mass is 32.1. The van der Waals surface area contributed by atoms with Crippen LogP contribution in [0.3, 0.4) is 0 Å². The van der Waals surface area contributed by atoms with Gasteiger partial charge in [-0.3, -0.25) is 0 Å². The Morgan fingerprint density at radius 3 is 2.48 bits per heavy atom. The van der Waals surface area contributed by atoms with Crippen molar-refractivity contribution < 1.29 is 14.3 Å². The number of methoxy groups -OCH3 is 1. The van der Waals surface area contributed by atoms with Crippen LogP contribution < -0.4 is 9.64 Å². The standard InChI is InChI=1S/C15H18N2O3S/c1-5-20-14(18)13-12(16-15(21-13)17(2)3)10-6-8-11(19-4)9-7-10/h6-9H,5H2,1-4H3. The Kier molecular flexibility index (Phi) is 4.80. The van der Waals surface area contributed by atoms with E-state index in [1.165, 1.54) is 11.3 Å². The summed E-state index contributed by atoms with van der Waals surface area (Å²) in [6.45, 7) is 2.13. The quantitative estimate of drug-likeness (QED) is 0.795. The molecule has 1 aromatic carbocycles. The molecule has 0 fully saturated rings. The number of anilines is 1. The normalized spacial score (nSPS) is 10.3. The molecule has 0 aliphatic heterocycles.